The Bertz CT molecular complexity index is 642. The van der Waals surface area contributed by atoms with Gasteiger partial charge in [-0.1, -0.05) is 0 Å². The van der Waals surface area contributed by atoms with Crippen LogP contribution in [0, 0.1) is 0 Å². The van der Waals surface area contributed by atoms with Crippen molar-refractivity contribution in [1.29, 1.82) is 0 Å². The van der Waals surface area contributed by atoms with Crippen LogP contribution in [0.2, 0.25) is 0 Å². The van der Waals surface area contributed by atoms with Crippen molar-refractivity contribution in [2.45, 2.75) is 45.1 Å². The quantitative estimate of drug-likeness (QED) is 0.860. The number of anilines is 1. The van der Waals surface area contributed by atoms with E-state index in [0.29, 0.717) is 17.0 Å². The first-order chi connectivity index (χ1) is 10.1. The van der Waals surface area contributed by atoms with E-state index in [4.69, 9.17) is 20.3 Å². The van der Waals surface area contributed by atoms with Crippen LogP contribution in [-0.4, -0.2) is 43.4 Å². The molecule has 8 heteroatoms. The van der Waals surface area contributed by atoms with E-state index in [-0.39, 0.29) is 31.0 Å². The van der Waals surface area contributed by atoms with Gasteiger partial charge >= 0.3 is 0 Å². The predicted molar refractivity (Wildman–Crippen MR) is 75.7 cm³/mol. The number of imidazole rings is 1. The first-order valence-corrected chi connectivity index (χ1v) is 7.01. The number of aromatic nitrogens is 4. The van der Waals surface area contributed by atoms with Crippen LogP contribution in [0.15, 0.2) is 6.33 Å². The lowest BCUT2D eigenvalue weighted by atomic mass is 10.2. The fraction of sp³-hybridized carbons (Fsp3) is 0.615. The molecule has 2 atom stereocenters. The van der Waals surface area contributed by atoms with Gasteiger partial charge in [-0.2, -0.15) is 9.97 Å². The molecule has 0 aromatic carbocycles. The second kappa shape index (κ2) is 5.45. The van der Waals surface area contributed by atoms with Crippen molar-refractivity contribution >= 4 is 17.1 Å². The summed E-state index contributed by atoms with van der Waals surface area (Å²) in [5.74, 6) is 0.513. The number of ether oxygens (including phenoxy) is 2. The molecular weight excluding hydrogens is 274 g/mol. The third kappa shape index (κ3) is 2.64. The van der Waals surface area contributed by atoms with Crippen LogP contribution in [0.5, 0.6) is 5.88 Å². The van der Waals surface area contributed by atoms with Gasteiger partial charge in [0.05, 0.1) is 25.1 Å². The molecular formula is C13H19N5O3. The first kappa shape index (κ1) is 14.0. The summed E-state index contributed by atoms with van der Waals surface area (Å²) in [6, 6.07) is 0. The molecule has 114 valence electrons. The van der Waals surface area contributed by atoms with Gasteiger partial charge in [0.25, 0.3) is 0 Å². The molecule has 1 fully saturated rings. The van der Waals surface area contributed by atoms with Crippen LogP contribution in [0.3, 0.4) is 0 Å². The fourth-order valence-corrected chi connectivity index (χ4v) is 2.45. The van der Waals surface area contributed by atoms with Crippen LogP contribution in [-0.2, 0) is 4.74 Å². The van der Waals surface area contributed by atoms with Crippen LogP contribution in [0.1, 0.15) is 32.9 Å². The average Bonchev–Trinajstić information content (AvgIpc) is 3.03. The molecule has 1 aliphatic rings. The summed E-state index contributed by atoms with van der Waals surface area (Å²) < 4.78 is 13.2. The smallest absolute Gasteiger partial charge is 0.247 e. The highest BCUT2D eigenvalue weighted by molar-refractivity contribution is 5.77. The van der Waals surface area contributed by atoms with Gasteiger partial charge in [0.15, 0.2) is 11.2 Å². The number of nitrogen functional groups attached to an aromatic ring is 1. The molecule has 21 heavy (non-hydrogen) atoms. The van der Waals surface area contributed by atoms with Gasteiger partial charge in [-0.05, 0) is 26.7 Å². The van der Waals surface area contributed by atoms with Gasteiger partial charge in [-0.3, -0.25) is 4.57 Å². The van der Waals surface area contributed by atoms with Gasteiger partial charge in [-0.25, -0.2) is 4.98 Å². The molecule has 0 amide bonds. The van der Waals surface area contributed by atoms with Crippen molar-refractivity contribution < 1.29 is 14.6 Å². The van der Waals surface area contributed by atoms with Crippen LogP contribution < -0.4 is 10.5 Å². The van der Waals surface area contributed by atoms with Gasteiger partial charge in [-0.15, -0.1) is 0 Å². The molecule has 2 aromatic rings. The highest BCUT2D eigenvalue weighted by atomic mass is 16.5. The molecule has 3 rings (SSSR count). The van der Waals surface area contributed by atoms with E-state index >= 15 is 0 Å². The summed E-state index contributed by atoms with van der Waals surface area (Å²) in [7, 11) is 0. The Morgan fingerprint density at radius 3 is 2.95 bits per heavy atom. The Morgan fingerprint density at radius 2 is 2.29 bits per heavy atom. The van der Waals surface area contributed by atoms with Crippen LogP contribution >= 0.6 is 0 Å². The summed E-state index contributed by atoms with van der Waals surface area (Å²) in [6.45, 7) is 3.84. The molecule has 0 saturated carbocycles. The summed E-state index contributed by atoms with van der Waals surface area (Å²) in [6.07, 6.45) is 2.87. The highest BCUT2D eigenvalue weighted by Gasteiger charge is 2.28. The molecule has 2 aromatic heterocycles. The Balaban J connectivity index is 2.00. The lowest BCUT2D eigenvalue weighted by molar-refractivity contribution is -0.0207. The summed E-state index contributed by atoms with van der Waals surface area (Å²) >= 11 is 0. The van der Waals surface area contributed by atoms with Gasteiger partial charge < -0.3 is 20.3 Å². The Labute approximate surface area is 121 Å². The van der Waals surface area contributed by atoms with Gasteiger partial charge in [0.1, 0.15) is 6.23 Å². The molecule has 0 spiro atoms. The first-order valence-electron chi connectivity index (χ1n) is 7.01. The number of fused-ring (bicyclic) bond motifs is 1. The Kier molecular flexibility index (Phi) is 3.64. The lowest BCUT2D eigenvalue weighted by Crippen LogP contribution is -2.14. The molecule has 0 bridgehead atoms. The predicted octanol–water partition coefficient (Wildman–Crippen LogP) is 0.866. The fourth-order valence-electron chi connectivity index (χ4n) is 2.45. The third-order valence-electron chi connectivity index (χ3n) is 3.35. The molecule has 1 aliphatic heterocycles. The zero-order valence-corrected chi connectivity index (χ0v) is 12.1. The van der Waals surface area contributed by atoms with Crippen molar-refractivity contribution in [2.75, 3.05) is 12.3 Å². The second-order valence-electron chi connectivity index (χ2n) is 5.35. The number of hydrogen-bond donors (Lipinski definition) is 2. The molecule has 2 unspecified atom stereocenters. The Hall–Kier alpha value is -1.93. The van der Waals surface area contributed by atoms with E-state index in [0.717, 1.165) is 12.8 Å². The van der Waals surface area contributed by atoms with Gasteiger partial charge in [0, 0.05) is 0 Å². The van der Waals surface area contributed by atoms with Crippen molar-refractivity contribution in [1.82, 2.24) is 19.5 Å². The summed E-state index contributed by atoms with van der Waals surface area (Å²) in [4.78, 5) is 12.7. The van der Waals surface area contributed by atoms with E-state index < -0.39 is 0 Å². The minimum Gasteiger partial charge on any atom is -0.473 e. The minimum absolute atomic E-state index is 0.0158. The number of nitrogens with two attached hydrogens (primary N) is 1. The number of aliphatic hydroxyl groups excluding tert-OH is 1. The largest absolute Gasteiger partial charge is 0.473 e. The van der Waals surface area contributed by atoms with Gasteiger partial charge in [0.2, 0.25) is 11.8 Å². The summed E-state index contributed by atoms with van der Waals surface area (Å²) in [5.41, 5.74) is 6.91. The topological polar surface area (TPSA) is 108 Å². The third-order valence-corrected chi connectivity index (χ3v) is 3.35. The van der Waals surface area contributed by atoms with E-state index in [2.05, 4.69) is 15.0 Å². The molecule has 3 heterocycles. The van der Waals surface area contributed by atoms with Crippen molar-refractivity contribution in [3.05, 3.63) is 6.33 Å². The maximum absolute atomic E-state index is 9.17. The maximum atomic E-state index is 9.17. The van der Waals surface area contributed by atoms with Crippen molar-refractivity contribution in [2.24, 2.45) is 0 Å². The molecule has 1 saturated heterocycles. The van der Waals surface area contributed by atoms with Crippen LogP contribution in [0.25, 0.3) is 11.2 Å². The molecule has 3 N–H and O–H groups in total. The minimum atomic E-state index is -0.201. The zero-order chi connectivity index (χ0) is 15.0. The normalized spacial score (nSPS) is 22.3. The monoisotopic (exact) mass is 293 g/mol. The van der Waals surface area contributed by atoms with Crippen molar-refractivity contribution in [3.8, 4) is 5.88 Å². The van der Waals surface area contributed by atoms with E-state index in [1.807, 2.05) is 18.4 Å². The van der Waals surface area contributed by atoms with Crippen LogP contribution in [0.4, 0.5) is 5.95 Å². The maximum Gasteiger partial charge on any atom is 0.247 e. The number of nitrogens with zero attached hydrogens (tertiary/aromatic N) is 4. The molecule has 0 radical (unpaired) electrons. The highest BCUT2D eigenvalue weighted by Crippen LogP contribution is 2.32. The Morgan fingerprint density at radius 1 is 1.48 bits per heavy atom. The van der Waals surface area contributed by atoms with E-state index in [9.17, 15) is 0 Å². The van der Waals surface area contributed by atoms with E-state index in [1.54, 1.807) is 6.33 Å². The van der Waals surface area contributed by atoms with E-state index in [1.165, 1.54) is 0 Å². The number of aliphatic hydroxyl groups is 1. The standard InChI is InChI=1S/C13H19N5O3/c1-7(2)20-12-10-11(16-13(14)17-12)18(6-15-10)9-4-3-8(5-19)21-9/h6-9,19H,3-5H2,1-2H3,(H2,14,16,17). The second-order valence-corrected chi connectivity index (χ2v) is 5.35. The average molecular weight is 293 g/mol. The summed E-state index contributed by atoms with van der Waals surface area (Å²) in [5, 5.41) is 9.17. The zero-order valence-electron chi connectivity index (χ0n) is 12.1. The van der Waals surface area contributed by atoms with Crippen molar-refractivity contribution in [3.63, 3.8) is 0 Å². The number of rotatable bonds is 4. The SMILES string of the molecule is CC(C)Oc1nc(N)nc2c1ncn2C1CCC(CO)O1. The number of hydrogen-bond acceptors (Lipinski definition) is 7. The molecule has 8 nitrogen and oxygen atoms in total. The molecule has 0 aliphatic carbocycles. The lowest BCUT2D eigenvalue weighted by Gasteiger charge is -2.14.